The number of benzene rings is 9. The van der Waals surface area contributed by atoms with Gasteiger partial charge >= 0.3 is 0 Å². The first-order chi connectivity index (χ1) is 30.1. The molecule has 2 aromatic heterocycles. The van der Waals surface area contributed by atoms with Gasteiger partial charge in [-0.25, -0.2) is 9.97 Å². The molecule has 0 saturated carbocycles. The van der Waals surface area contributed by atoms with Crippen LogP contribution in [0.3, 0.4) is 0 Å². The normalized spacial score (nSPS) is 14.4. The second-order valence-electron chi connectivity index (χ2n) is 16.2. The summed E-state index contributed by atoms with van der Waals surface area (Å²) in [5.41, 5.74) is 15.7. The number of hydrogen-bond acceptors (Lipinski definition) is 3. The van der Waals surface area contributed by atoms with Crippen LogP contribution in [0.2, 0.25) is 0 Å². The number of fused-ring (bicyclic) bond motifs is 7. The van der Waals surface area contributed by atoms with Crippen LogP contribution in [0.5, 0.6) is 0 Å². The van der Waals surface area contributed by atoms with Crippen molar-refractivity contribution in [2.24, 2.45) is 0 Å². The Labute approximate surface area is 359 Å². The molecule has 11 aromatic rings. The van der Waals surface area contributed by atoms with Crippen molar-refractivity contribution in [3.63, 3.8) is 0 Å². The van der Waals surface area contributed by atoms with Crippen LogP contribution >= 0.6 is 11.3 Å². The Bertz CT molecular complexity index is 3480. The molecule has 0 N–H and O–H groups in total. The average molecular weight is 795 g/mol. The first-order valence-electron chi connectivity index (χ1n) is 20.9. The predicted octanol–water partition coefficient (Wildman–Crippen LogP) is 15.7. The van der Waals surface area contributed by atoms with E-state index in [9.17, 15) is 0 Å². The highest BCUT2D eigenvalue weighted by Gasteiger charge is 2.41. The third-order valence-corrected chi connectivity index (χ3v) is 13.9. The van der Waals surface area contributed by atoms with Crippen LogP contribution in [0.25, 0.3) is 98.2 Å². The quantitative estimate of drug-likeness (QED) is 0.168. The zero-order valence-corrected chi connectivity index (χ0v) is 34.3. The summed E-state index contributed by atoms with van der Waals surface area (Å²) in [6.45, 7) is 2.37. The number of thiophene rings is 1. The fourth-order valence-corrected chi connectivity index (χ4v) is 10.9. The highest BCUT2D eigenvalue weighted by Crippen LogP contribution is 2.55. The minimum absolute atomic E-state index is 0.311. The van der Waals surface area contributed by atoms with Gasteiger partial charge in [-0.3, -0.25) is 0 Å². The Balaban J connectivity index is 1.06. The Morgan fingerprint density at radius 2 is 0.934 bits per heavy atom. The smallest absolute Gasteiger partial charge is 0.160 e. The van der Waals surface area contributed by atoms with E-state index in [0.29, 0.717) is 5.82 Å². The second-order valence-corrected chi connectivity index (χ2v) is 17.3. The first kappa shape index (κ1) is 35.5. The largest absolute Gasteiger partial charge is 0.228 e. The Morgan fingerprint density at radius 3 is 1.74 bits per heavy atom. The minimum atomic E-state index is -0.311. The molecule has 0 bridgehead atoms. The van der Waals surface area contributed by atoms with E-state index in [4.69, 9.17) is 9.97 Å². The Morgan fingerprint density at radius 1 is 0.377 bits per heavy atom. The molecule has 12 rings (SSSR count). The van der Waals surface area contributed by atoms with E-state index in [0.717, 1.165) is 33.6 Å². The fraction of sp³-hybridized carbons (Fsp3) is 0.0345. The highest BCUT2D eigenvalue weighted by molar-refractivity contribution is 7.26. The zero-order valence-electron chi connectivity index (χ0n) is 33.5. The van der Waals surface area contributed by atoms with E-state index in [1.807, 2.05) is 17.4 Å². The van der Waals surface area contributed by atoms with E-state index in [1.165, 1.54) is 75.5 Å². The molecule has 9 aromatic carbocycles. The Kier molecular flexibility index (Phi) is 8.19. The van der Waals surface area contributed by atoms with E-state index in [1.54, 1.807) is 0 Å². The van der Waals surface area contributed by atoms with E-state index in [2.05, 4.69) is 213 Å². The maximum Gasteiger partial charge on any atom is 0.160 e. The van der Waals surface area contributed by atoms with Gasteiger partial charge < -0.3 is 0 Å². The highest BCUT2D eigenvalue weighted by atomic mass is 32.1. The predicted molar refractivity (Wildman–Crippen MR) is 257 cm³/mol. The van der Waals surface area contributed by atoms with Gasteiger partial charge in [-0.15, -0.1) is 11.3 Å². The molecule has 0 aliphatic heterocycles. The molecular formula is C58H38N2S. The van der Waals surface area contributed by atoms with Gasteiger partial charge in [0.2, 0.25) is 0 Å². The molecule has 0 amide bonds. The third-order valence-electron chi connectivity index (χ3n) is 12.8. The van der Waals surface area contributed by atoms with Gasteiger partial charge in [0.15, 0.2) is 5.82 Å². The molecular weight excluding hydrogens is 757 g/mol. The zero-order chi connectivity index (χ0) is 40.5. The van der Waals surface area contributed by atoms with Crippen LogP contribution in [0.4, 0.5) is 0 Å². The van der Waals surface area contributed by atoms with Gasteiger partial charge in [0.05, 0.1) is 11.4 Å². The average Bonchev–Trinajstić information content (AvgIpc) is 3.82. The summed E-state index contributed by atoms with van der Waals surface area (Å²) in [4.78, 5) is 10.7. The summed E-state index contributed by atoms with van der Waals surface area (Å²) in [6.07, 6.45) is 0. The summed E-state index contributed by atoms with van der Waals surface area (Å²) in [5, 5.41) is 5.11. The number of nitrogens with zero attached hydrogens (tertiary/aromatic N) is 2. The lowest BCUT2D eigenvalue weighted by Gasteiger charge is -2.28. The van der Waals surface area contributed by atoms with Crippen molar-refractivity contribution in [2.75, 3.05) is 0 Å². The molecule has 0 spiro atoms. The molecule has 0 saturated heterocycles. The van der Waals surface area contributed by atoms with Crippen LogP contribution in [0.1, 0.15) is 23.6 Å². The third kappa shape index (κ3) is 5.77. The standard InChI is InChI=1S/C58H38N2S/c1-58(43-25-9-4-10-26-43)50-29-14-13-27-44(50)56-45(28-16-30-51(56)58)53-36-52(59-57(60-53)38-19-7-3-8-20-38)42-24-15-23-41(31-42)46-34-49-48-32-39-21-11-12-22-40(39)33-54(48)61-55(49)35-47(46)37-17-5-2-6-18-37/h2-36H,1H3. The van der Waals surface area contributed by atoms with Gasteiger partial charge in [0, 0.05) is 42.3 Å². The van der Waals surface area contributed by atoms with Crippen molar-refractivity contribution < 1.29 is 0 Å². The maximum atomic E-state index is 5.37. The van der Waals surface area contributed by atoms with Gasteiger partial charge in [0.1, 0.15) is 0 Å². The van der Waals surface area contributed by atoms with E-state index in [-0.39, 0.29) is 5.41 Å². The molecule has 1 aliphatic rings. The van der Waals surface area contributed by atoms with E-state index >= 15 is 0 Å². The maximum absolute atomic E-state index is 5.37. The molecule has 1 unspecified atom stereocenters. The molecule has 2 nitrogen and oxygen atoms in total. The number of aromatic nitrogens is 2. The fourth-order valence-electron chi connectivity index (χ4n) is 9.74. The summed E-state index contributed by atoms with van der Waals surface area (Å²) in [6, 6.07) is 77.0. The van der Waals surface area contributed by atoms with Crippen molar-refractivity contribution in [1.82, 2.24) is 9.97 Å². The number of hydrogen-bond donors (Lipinski definition) is 0. The minimum Gasteiger partial charge on any atom is -0.228 e. The van der Waals surface area contributed by atoms with Crippen molar-refractivity contribution in [2.45, 2.75) is 12.3 Å². The van der Waals surface area contributed by atoms with Crippen LogP contribution < -0.4 is 0 Å². The molecule has 1 aliphatic carbocycles. The SMILES string of the molecule is CC1(c2ccccc2)c2ccccc2-c2c(-c3cc(-c4cccc(-c5cc6c(cc5-c5ccccc5)sc5cc7ccccc7cc56)c4)nc(-c4ccccc4)n3)cccc21. The summed E-state index contributed by atoms with van der Waals surface area (Å²) >= 11 is 1.87. The molecule has 0 radical (unpaired) electrons. The van der Waals surface area contributed by atoms with Crippen LogP contribution in [-0.4, -0.2) is 9.97 Å². The van der Waals surface area contributed by atoms with Gasteiger partial charge in [-0.05, 0) is 104 Å². The lowest BCUT2D eigenvalue weighted by molar-refractivity contribution is 0.714. The van der Waals surface area contributed by atoms with Crippen LogP contribution in [-0.2, 0) is 5.41 Å². The topological polar surface area (TPSA) is 25.8 Å². The molecule has 0 fully saturated rings. The second kappa shape index (κ2) is 14.1. The molecule has 61 heavy (non-hydrogen) atoms. The Hall–Kier alpha value is -7.46. The van der Waals surface area contributed by atoms with Gasteiger partial charge in [0.25, 0.3) is 0 Å². The molecule has 1 atom stereocenters. The summed E-state index contributed by atoms with van der Waals surface area (Å²) in [5.74, 6) is 0.705. The van der Waals surface area contributed by atoms with Crippen molar-refractivity contribution >= 4 is 42.3 Å². The van der Waals surface area contributed by atoms with Gasteiger partial charge in [-0.2, -0.15) is 0 Å². The van der Waals surface area contributed by atoms with Crippen molar-refractivity contribution in [3.8, 4) is 67.3 Å². The van der Waals surface area contributed by atoms with Crippen LogP contribution in [0, 0.1) is 0 Å². The van der Waals surface area contributed by atoms with Crippen molar-refractivity contribution in [1.29, 1.82) is 0 Å². The van der Waals surface area contributed by atoms with E-state index < -0.39 is 0 Å². The van der Waals surface area contributed by atoms with Gasteiger partial charge in [-0.1, -0.05) is 176 Å². The first-order valence-corrected chi connectivity index (χ1v) is 21.7. The monoisotopic (exact) mass is 794 g/mol. The molecule has 3 heteroatoms. The lowest BCUT2D eigenvalue weighted by Crippen LogP contribution is -2.22. The summed E-state index contributed by atoms with van der Waals surface area (Å²) < 4.78 is 2.59. The molecule has 2 heterocycles. The molecule has 286 valence electrons. The summed E-state index contributed by atoms with van der Waals surface area (Å²) in [7, 11) is 0. The van der Waals surface area contributed by atoms with Crippen molar-refractivity contribution in [3.05, 3.63) is 229 Å². The number of rotatable bonds is 6. The van der Waals surface area contributed by atoms with Crippen LogP contribution in [0.15, 0.2) is 212 Å². The lowest BCUT2D eigenvalue weighted by atomic mass is 9.74.